The first-order valence-electron chi connectivity index (χ1n) is 5.90. The van der Waals surface area contributed by atoms with E-state index < -0.39 is 22.5 Å². The minimum atomic E-state index is -1.57. The second-order valence-electron chi connectivity index (χ2n) is 4.35. The van der Waals surface area contributed by atoms with Gasteiger partial charge >= 0.3 is 0 Å². The first kappa shape index (κ1) is 15.5. The Kier molecular flexibility index (Phi) is 4.59. The third-order valence-electron chi connectivity index (χ3n) is 2.82. The summed E-state index contributed by atoms with van der Waals surface area (Å²) in [6.07, 6.45) is 0. The number of carbonyl (C=O) groups is 1. The maximum Gasteiger partial charge on any atom is 0.248 e. The summed E-state index contributed by atoms with van der Waals surface area (Å²) in [7, 11) is -1.57. The van der Waals surface area contributed by atoms with Crippen LogP contribution in [0.3, 0.4) is 0 Å². The number of rotatable bonds is 4. The van der Waals surface area contributed by atoms with Gasteiger partial charge in [-0.2, -0.15) is 0 Å². The Morgan fingerprint density at radius 1 is 1.24 bits per heavy atom. The number of primary amides is 1. The fourth-order valence-corrected chi connectivity index (χ4v) is 3.36. The summed E-state index contributed by atoms with van der Waals surface area (Å²) in [6, 6.07) is 8.27. The van der Waals surface area contributed by atoms with E-state index in [-0.39, 0.29) is 21.9 Å². The highest BCUT2D eigenvalue weighted by Gasteiger charge is 2.14. The lowest BCUT2D eigenvalue weighted by Gasteiger charge is -2.07. The second-order valence-corrected chi connectivity index (χ2v) is 6.18. The summed E-state index contributed by atoms with van der Waals surface area (Å²) in [5, 5.41) is 0.250. The Morgan fingerprint density at radius 2 is 1.95 bits per heavy atom. The molecule has 0 radical (unpaired) electrons. The summed E-state index contributed by atoms with van der Waals surface area (Å²) in [4.78, 5) is 11.5. The molecular weight excluding hydrogens is 315 g/mol. The topological polar surface area (TPSA) is 86.2 Å². The van der Waals surface area contributed by atoms with Crippen LogP contribution in [0.15, 0.2) is 41.3 Å². The lowest BCUT2D eigenvalue weighted by molar-refractivity contribution is 0.1000. The number of benzene rings is 2. The number of carbonyl (C=O) groups excluding carboxylic acids is 1. The maximum atomic E-state index is 13.7. The van der Waals surface area contributed by atoms with Crippen LogP contribution in [0.4, 0.5) is 10.1 Å². The summed E-state index contributed by atoms with van der Waals surface area (Å²) in [5.74, 6) is -1.34. The number of anilines is 1. The molecule has 1 unspecified atom stereocenters. The standard InChI is InChI=1S/C14H12ClFN2O2S/c15-11-6-10(17)2-4-13(11)21(20)7-9-5-8(14(18)19)1-3-12(9)16/h1-6H,7,17H2,(H2,18,19). The molecule has 0 bridgehead atoms. The molecule has 2 aromatic carbocycles. The molecule has 2 aromatic rings. The molecule has 0 spiro atoms. The van der Waals surface area contributed by atoms with E-state index in [1.807, 2.05) is 0 Å². The van der Waals surface area contributed by atoms with E-state index in [4.69, 9.17) is 23.1 Å². The number of hydrogen-bond acceptors (Lipinski definition) is 3. The molecule has 4 nitrogen and oxygen atoms in total. The zero-order chi connectivity index (χ0) is 15.6. The van der Waals surface area contributed by atoms with Gasteiger partial charge in [0.1, 0.15) is 5.82 Å². The van der Waals surface area contributed by atoms with Gasteiger partial charge in [-0.25, -0.2) is 4.39 Å². The predicted octanol–water partition coefficient (Wildman–Crippen LogP) is 2.47. The molecule has 0 heterocycles. The highest BCUT2D eigenvalue weighted by Crippen LogP contribution is 2.25. The molecule has 0 aliphatic rings. The van der Waals surface area contributed by atoms with E-state index >= 15 is 0 Å². The Balaban J connectivity index is 2.31. The van der Waals surface area contributed by atoms with Crippen molar-refractivity contribution in [1.29, 1.82) is 0 Å². The van der Waals surface area contributed by atoms with Crippen molar-refractivity contribution < 1.29 is 13.4 Å². The normalized spacial score (nSPS) is 12.1. The molecule has 7 heteroatoms. The summed E-state index contributed by atoms with van der Waals surface area (Å²) >= 11 is 5.97. The van der Waals surface area contributed by atoms with Crippen molar-refractivity contribution in [3.05, 3.63) is 58.4 Å². The van der Waals surface area contributed by atoms with Crippen molar-refractivity contribution in [2.75, 3.05) is 5.73 Å². The van der Waals surface area contributed by atoms with Crippen molar-refractivity contribution in [2.45, 2.75) is 10.6 Å². The fourth-order valence-electron chi connectivity index (χ4n) is 1.76. The maximum absolute atomic E-state index is 13.7. The Labute approximate surface area is 128 Å². The van der Waals surface area contributed by atoms with E-state index in [0.717, 1.165) is 6.07 Å². The van der Waals surface area contributed by atoms with Gasteiger partial charge in [-0.1, -0.05) is 11.6 Å². The molecule has 2 rings (SSSR count). The van der Waals surface area contributed by atoms with Gasteiger partial charge in [-0.05, 0) is 36.4 Å². The summed E-state index contributed by atoms with van der Waals surface area (Å²) in [6.45, 7) is 0. The van der Waals surface area contributed by atoms with Crippen LogP contribution in [0, 0.1) is 5.82 Å². The number of nitrogens with two attached hydrogens (primary N) is 2. The lowest BCUT2D eigenvalue weighted by atomic mass is 10.1. The smallest absolute Gasteiger partial charge is 0.248 e. The SMILES string of the molecule is NC(=O)c1ccc(F)c(CS(=O)c2ccc(N)cc2Cl)c1. The van der Waals surface area contributed by atoms with Crippen LogP contribution in [-0.4, -0.2) is 10.1 Å². The zero-order valence-electron chi connectivity index (χ0n) is 10.8. The minimum Gasteiger partial charge on any atom is -0.399 e. The molecule has 0 saturated carbocycles. The largest absolute Gasteiger partial charge is 0.399 e. The molecule has 0 saturated heterocycles. The summed E-state index contributed by atoms with van der Waals surface area (Å²) in [5.41, 5.74) is 11.4. The van der Waals surface area contributed by atoms with Crippen LogP contribution >= 0.6 is 11.6 Å². The van der Waals surface area contributed by atoms with Gasteiger partial charge in [-0.3, -0.25) is 9.00 Å². The van der Waals surface area contributed by atoms with E-state index in [1.54, 1.807) is 6.07 Å². The zero-order valence-corrected chi connectivity index (χ0v) is 12.4. The van der Waals surface area contributed by atoms with E-state index in [0.29, 0.717) is 10.6 Å². The first-order chi connectivity index (χ1) is 9.88. The molecule has 0 aliphatic heterocycles. The average molecular weight is 327 g/mol. The highest BCUT2D eigenvalue weighted by atomic mass is 35.5. The molecular formula is C14H12ClFN2O2S. The fraction of sp³-hybridized carbons (Fsp3) is 0.0714. The molecule has 110 valence electrons. The van der Waals surface area contributed by atoms with Crippen molar-refractivity contribution in [3.63, 3.8) is 0 Å². The van der Waals surface area contributed by atoms with E-state index in [2.05, 4.69) is 0 Å². The number of amides is 1. The molecule has 4 N–H and O–H groups in total. The van der Waals surface area contributed by atoms with Crippen molar-refractivity contribution in [3.8, 4) is 0 Å². The lowest BCUT2D eigenvalue weighted by Crippen LogP contribution is -2.12. The van der Waals surface area contributed by atoms with Gasteiger partial charge < -0.3 is 11.5 Å². The van der Waals surface area contributed by atoms with Crippen LogP contribution in [0.25, 0.3) is 0 Å². The van der Waals surface area contributed by atoms with Crippen LogP contribution in [0.1, 0.15) is 15.9 Å². The highest BCUT2D eigenvalue weighted by molar-refractivity contribution is 7.84. The molecule has 1 atom stereocenters. The van der Waals surface area contributed by atoms with Gasteiger partial charge in [0.05, 0.1) is 26.5 Å². The second kappa shape index (κ2) is 6.24. The van der Waals surface area contributed by atoms with Crippen LogP contribution in [0.5, 0.6) is 0 Å². The van der Waals surface area contributed by atoms with Crippen LogP contribution < -0.4 is 11.5 Å². The molecule has 1 amide bonds. The Morgan fingerprint density at radius 3 is 2.57 bits per heavy atom. The third-order valence-corrected chi connectivity index (χ3v) is 4.66. The predicted molar refractivity (Wildman–Crippen MR) is 80.9 cm³/mol. The van der Waals surface area contributed by atoms with Crippen LogP contribution in [-0.2, 0) is 16.6 Å². The van der Waals surface area contributed by atoms with Crippen molar-refractivity contribution >= 4 is 34.0 Å². The molecule has 0 aliphatic carbocycles. The number of halogens is 2. The summed E-state index contributed by atoms with van der Waals surface area (Å²) < 4.78 is 26.0. The molecule has 0 aromatic heterocycles. The van der Waals surface area contributed by atoms with Crippen molar-refractivity contribution in [1.82, 2.24) is 0 Å². The Bertz CT molecular complexity index is 737. The Hall–Kier alpha value is -1.92. The van der Waals surface area contributed by atoms with E-state index in [9.17, 15) is 13.4 Å². The molecule has 0 fully saturated rings. The van der Waals surface area contributed by atoms with Crippen LogP contribution in [0.2, 0.25) is 5.02 Å². The first-order valence-corrected chi connectivity index (χ1v) is 7.60. The van der Waals surface area contributed by atoms with Gasteiger partial charge in [-0.15, -0.1) is 0 Å². The monoisotopic (exact) mass is 326 g/mol. The average Bonchev–Trinajstić information content (AvgIpc) is 2.40. The van der Waals surface area contributed by atoms with Gasteiger partial charge in [0.15, 0.2) is 0 Å². The quantitative estimate of drug-likeness (QED) is 0.846. The van der Waals surface area contributed by atoms with Gasteiger partial charge in [0.2, 0.25) is 5.91 Å². The van der Waals surface area contributed by atoms with Crippen molar-refractivity contribution in [2.24, 2.45) is 5.73 Å². The molecule has 21 heavy (non-hydrogen) atoms. The van der Waals surface area contributed by atoms with E-state index in [1.165, 1.54) is 24.3 Å². The van der Waals surface area contributed by atoms with Gasteiger partial charge in [0.25, 0.3) is 0 Å². The number of nitrogen functional groups attached to an aromatic ring is 1. The minimum absolute atomic E-state index is 0.114. The number of hydrogen-bond donors (Lipinski definition) is 2. The third kappa shape index (κ3) is 3.59. The van der Waals surface area contributed by atoms with Gasteiger partial charge in [0, 0.05) is 16.8 Å².